The maximum Gasteiger partial charge on any atom is 0.308 e. The van der Waals surface area contributed by atoms with Crippen LogP contribution in [0, 0.1) is 5.92 Å². The van der Waals surface area contributed by atoms with Crippen LogP contribution in [0.4, 0.5) is 0 Å². The maximum atomic E-state index is 12.2. The van der Waals surface area contributed by atoms with Gasteiger partial charge in [0.2, 0.25) is 11.8 Å². The van der Waals surface area contributed by atoms with Crippen LogP contribution < -0.4 is 10.6 Å². The van der Waals surface area contributed by atoms with E-state index in [1.165, 1.54) is 39.2 Å². The van der Waals surface area contributed by atoms with E-state index in [-0.39, 0.29) is 23.3 Å². The summed E-state index contributed by atoms with van der Waals surface area (Å²) in [5.74, 6) is -0.270. The first-order valence-corrected chi connectivity index (χ1v) is 9.37. The second-order valence-corrected chi connectivity index (χ2v) is 7.06. The number of ether oxygens (including phenoxy) is 1. The van der Waals surface area contributed by atoms with Crippen LogP contribution >= 0.6 is 12.2 Å². The van der Waals surface area contributed by atoms with Crippen LogP contribution in [0.15, 0.2) is 0 Å². The normalized spacial score (nSPS) is 21.4. The third kappa shape index (κ3) is 5.95. The Kier molecular flexibility index (Phi) is 7.61. The first-order chi connectivity index (χ1) is 12.0. The summed E-state index contributed by atoms with van der Waals surface area (Å²) in [6.45, 7) is 0.879. The highest BCUT2D eigenvalue weighted by Crippen LogP contribution is 2.27. The molecule has 1 heterocycles. The van der Waals surface area contributed by atoms with Crippen molar-refractivity contribution in [2.45, 2.75) is 57.4 Å². The van der Waals surface area contributed by atoms with Crippen LogP contribution in [0.3, 0.4) is 0 Å². The van der Waals surface area contributed by atoms with Crippen molar-refractivity contribution in [1.29, 1.82) is 0 Å². The molecule has 1 saturated heterocycles. The smallest absolute Gasteiger partial charge is 0.308 e. The van der Waals surface area contributed by atoms with Crippen molar-refractivity contribution < 1.29 is 19.1 Å². The number of hydrogen-bond donors (Lipinski definition) is 2. The minimum atomic E-state index is -0.743. The molecule has 7 nitrogen and oxygen atoms in total. The molecular formula is C17H27N3O4S. The summed E-state index contributed by atoms with van der Waals surface area (Å²) in [4.78, 5) is 37.4. The average Bonchev–Trinajstić information content (AvgIpc) is 2.62. The van der Waals surface area contributed by atoms with Gasteiger partial charge >= 0.3 is 5.97 Å². The number of thiocarbonyl (C=S) groups is 1. The molecule has 2 aliphatic rings. The van der Waals surface area contributed by atoms with Crippen molar-refractivity contribution in [1.82, 2.24) is 15.5 Å². The third-order valence-corrected chi connectivity index (χ3v) is 5.27. The van der Waals surface area contributed by atoms with Gasteiger partial charge in [0.15, 0.2) is 5.11 Å². The molecule has 1 unspecified atom stereocenters. The van der Waals surface area contributed by atoms with Crippen molar-refractivity contribution in [2.75, 3.05) is 20.2 Å². The topological polar surface area (TPSA) is 87.7 Å². The molecule has 2 N–H and O–H groups in total. The number of nitrogens with one attached hydrogen (secondary N) is 2. The molecule has 2 rings (SSSR count). The van der Waals surface area contributed by atoms with Gasteiger partial charge in [0.1, 0.15) is 6.04 Å². The van der Waals surface area contributed by atoms with E-state index in [1.54, 1.807) is 4.90 Å². The first kappa shape index (κ1) is 19.6. The minimum absolute atomic E-state index is 0.0968. The summed E-state index contributed by atoms with van der Waals surface area (Å²) >= 11 is 5.30. The lowest BCUT2D eigenvalue weighted by Crippen LogP contribution is -2.60. The largest absolute Gasteiger partial charge is 0.469 e. The number of amides is 2. The SMILES string of the molecule is COC(=O)CC1C(=O)NCCN1C(=S)NC(=O)CCC1CCCCC1. The number of methoxy groups -OCH3 is 1. The molecule has 0 aromatic carbocycles. The lowest BCUT2D eigenvalue weighted by molar-refractivity contribution is -0.144. The molecule has 2 amide bonds. The van der Waals surface area contributed by atoms with E-state index in [9.17, 15) is 14.4 Å². The van der Waals surface area contributed by atoms with Gasteiger partial charge in [-0.1, -0.05) is 32.1 Å². The summed E-state index contributed by atoms with van der Waals surface area (Å²) in [5.41, 5.74) is 0. The Labute approximate surface area is 153 Å². The molecule has 0 radical (unpaired) electrons. The number of carbonyl (C=O) groups is 3. The molecule has 8 heteroatoms. The monoisotopic (exact) mass is 369 g/mol. The molecule has 25 heavy (non-hydrogen) atoms. The van der Waals surface area contributed by atoms with Crippen molar-refractivity contribution in [3.8, 4) is 0 Å². The molecule has 140 valence electrons. The minimum Gasteiger partial charge on any atom is -0.469 e. The Bertz CT molecular complexity index is 520. The highest BCUT2D eigenvalue weighted by atomic mass is 32.1. The zero-order chi connectivity index (χ0) is 18.2. The van der Waals surface area contributed by atoms with E-state index in [0.717, 1.165) is 6.42 Å². The molecule has 1 atom stereocenters. The fraction of sp³-hybridized carbons (Fsp3) is 0.765. The maximum absolute atomic E-state index is 12.2. The average molecular weight is 369 g/mol. The van der Waals surface area contributed by atoms with Gasteiger partial charge in [0, 0.05) is 19.5 Å². The highest BCUT2D eigenvalue weighted by molar-refractivity contribution is 7.80. The number of carbonyl (C=O) groups excluding carboxylic acids is 3. The molecule has 1 aliphatic carbocycles. The van der Waals surface area contributed by atoms with Gasteiger partial charge < -0.3 is 20.3 Å². The van der Waals surface area contributed by atoms with Crippen LogP contribution in [-0.4, -0.2) is 54.0 Å². The Morgan fingerprint density at radius 3 is 2.72 bits per heavy atom. The molecule has 0 bridgehead atoms. The molecule has 1 saturated carbocycles. The molecule has 0 spiro atoms. The van der Waals surface area contributed by atoms with Gasteiger partial charge in [-0.05, 0) is 24.6 Å². The fourth-order valence-electron chi connectivity index (χ4n) is 3.47. The Balaban J connectivity index is 1.84. The zero-order valence-corrected chi connectivity index (χ0v) is 15.5. The number of nitrogens with zero attached hydrogens (tertiary/aromatic N) is 1. The summed E-state index contributed by atoms with van der Waals surface area (Å²) < 4.78 is 4.64. The Morgan fingerprint density at radius 1 is 1.32 bits per heavy atom. The predicted molar refractivity (Wildman–Crippen MR) is 96.7 cm³/mol. The summed E-state index contributed by atoms with van der Waals surface area (Å²) in [6, 6.07) is -0.743. The fourth-order valence-corrected chi connectivity index (χ4v) is 3.80. The van der Waals surface area contributed by atoms with E-state index in [4.69, 9.17) is 12.2 Å². The Morgan fingerprint density at radius 2 is 2.04 bits per heavy atom. The Hall–Kier alpha value is -1.70. The molecule has 0 aromatic heterocycles. The van der Waals surface area contributed by atoms with Crippen LogP contribution in [0.5, 0.6) is 0 Å². The van der Waals surface area contributed by atoms with Crippen molar-refractivity contribution in [3.63, 3.8) is 0 Å². The number of hydrogen-bond acceptors (Lipinski definition) is 5. The van der Waals surface area contributed by atoms with E-state index in [0.29, 0.717) is 25.4 Å². The van der Waals surface area contributed by atoms with Gasteiger partial charge in [-0.2, -0.15) is 0 Å². The van der Waals surface area contributed by atoms with E-state index < -0.39 is 12.0 Å². The molecule has 0 aromatic rings. The number of piperazine rings is 1. The van der Waals surface area contributed by atoms with E-state index >= 15 is 0 Å². The first-order valence-electron chi connectivity index (χ1n) is 8.96. The van der Waals surface area contributed by atoms with Crippen LogP contribution in [-0.2, 0) is 19.1 Å². The number of rotatable bonds is 5. The van der Waals surface area contributed by atoms with Crippen LogP contribution in [0.1, 0.15) is 51.4 Å². The molecule has 2 fully saturated rings. The summed E-state index contributed by atoms with van der Waals surface area (Å²) in [6.07, 6.45) is 7.42. The van der Waals surface area contributed by atoms with Gasteiger partial charge in [0.05, 0.1) is 13.5 Å². The van der Waals surface area contributed by atoms with E-state index in [1.807, 2.05) is 0 Å². The summed E-state index contributed by atoms with van der Waals surface area (Å²) in [7, 11) is 1.28. The second kappa shape index (κ2) is 9.70. The summed E-state index contributed by atoms with van der Waals surface area (Å²) in [5, 5.41) is 5.63. The lowest BCUT2D eigenvalue weighted by Gasteiger charge is -2.36. The molecular weight excluding hydrogens is 342 g/mol. The van der Waals surface area contributed by atoms with Crippen LogP contribution in [0.25, 0.3) is 0 Å². The van der Waals surface area contributed by atoms with Crippen molar-refractivity contribution in [3.05, 3.63) is 0 Å². The van der Waals surface area contributed by atoms with E-state index in [2.05, 4.69) is 15.4 Å². The van der Waals surface area contributed by atoms with Gasteiger partial charge in [-0.25, -0.2) is 0 Å². The van der Waals surface area contributed by atoms with Crippen molar-refractivity contribution in [2.24, 2.45) is 5.92 Å². The second-order valence-electron chi connectivity index (χ2n) is 6.68. The lowest BCUT2D eigenvalue weighted by atomic mass is 9.86. The third-order valence-electron chi connectivity index (χ3n) is 4.93. The standard InChI is InChI=1S/C17H27N3O4S/c1-24-15(22)11-13-16(23)18-9-10-20(13)17(25)19-14(21)8-7-12-5-3-2-4-6-12/h12-13H,2-11H2,1H3,(H,18,23)(H,19,21,25). The van der Waals surface area contributed by atoms with Crippen molar-refractivity contribution >= 4 is 35.1 Å². The van der Waals surface area contributed by atoms with Gasteiger partial charge in [0.25, 0.3) is 0 Å². The number of esters is 1. The van der Waals surface area contributed by atoms with Gasteiger partial charge in [-0.3, -0.25) is 14.4 Å². The molecule has 1 aliphatic heterocycles. The zero-order valence-electron chi connectivity index (χ0n) is 14.7. The van der Waals surface area contributed by atoms with Gasteiger partial charge in [-0.15, -0.1) is 0 Å². The predicted octanol–water partition coefficient (Wildman–Crippen LogP) is 1.11. The van der Waals surface area contributed by atoms with Crippen LogP contribution in [0.2, 0.25) is 0 Å². The highest BCUT2D eigenvalue weighted by Gasteiger charge is 2.34. The quantitative estimate of drug-likeness (QED) is 0.558.